The summed E-state index contributed by atoms with van der Waals surface area (Å²) < 4.78 is 28.2. The average molecular weight is 285 g/mol. The van der Waals surface area contributed by atoms with Crippen molar-refractivity contribution in [2.24, 2.45) is 0 Å². The number of carbonyl (C=O) groups is 1. The van der Waals surface area contributed by atoms with E-state index < -0.39 is 0 Å². The van der Waals surface area contributed by atoms with Gasteiger partial charge < -0.3 is 19.5 Å². The van der Waals surface area contributed by atoms with E-state index in [1.165, 1.54) is 19.2 Å². The first kappa shape index (κ1) is 16.4. The summed E-state index contributed by atoms with van der Waals surface area (Å²) in [5.74, 6) is -0.329. The fourth-order valence-corrected chi connectivity index (χ4v) is 1.57. The van der Waals surface area contributed by atoms with Gasteiger partial charge in [0.25, 0.3) is 0 Å². The molecule has 0 saturated heterocycles. The van der Waals surface area contributed by atoms with Crippen molar-refractivity contribution in [3.05, 3.63) is 29.6 Å². The molecule has 0 heterocycles. The second-order valence-electron chi connectivity index (χ2n) is 4.14. The van der Waals surface area contributed by atoms with Gasteiger partial charge >= 0.3 is 5.97 Å². The molecule has 0 radical (unpaired) electrons. The van der Waals surface area contributed by atoms with E-state index in [2.05, 4.69) is 10.1 Å². The first-order chi connectivity index (χ1) is 9.65. The largest absolute Gasteiger partial charge is 0.493 e. The summed E-state index contributed by atoms with van der Waals surface area (Å²) in [6.45, 7) is 1.96. The summed E-state index contributed by atoms with van der Waals surface area (Å²) in [6.07, 6.45) is 0.133. The summed E-state index contributed by atoms with van der Waals surface area (Å²) in [5, 5.41) is 3.12. The van der Waals surface area contributed by atoms with Crippen molar-refractivity contribution in [1.82, 2.24) is 5.32 Å². The monoisotopic (exact) mass is 285 g/mol. The summed E-state index contributed by atoms with van der Waals surface area (Å²) in [7, 11) is 2.94. The van der Waals surface area contributed by atoms with Crippen molar-refractivity contribution < 1.29 is 23.4 Å². The van der Waals surface area contributed by atoms with Crippen molar-refractivity contribution in [2.45, 2.75) is 13.0 Å². The highest BCUT2D eigenvalue weighted by atomic mass is 19.1. The number of carbonyl (C=O) groups excluding carboxylic acids is 1. The van der Waals surface area contributed by atoms with Gasteiger partial charge in [-0.2, -0.15) is 0 Å². The van der Waals surface area contributed by atoms with Crippen LogP contribution in [0.15, 0.2) is 18.2 Å². The van der Waals surface area contributed by atoms with E-state index in [1.54, 1.807) is 13.2 Å². The zero-order chi connectivity index (χ0) is 14.8. The van der Waals surface area contributed by atoms with Crippen LogP contribution in [0.4, 0.5) is 4.39 Å². The molecule has 0 aromatic heterocycles. The number of methoxy groups -OCH3 is 2. The van der Waals surface area contributed by atoms with Crippen LogP contribution >= 0.6 is 0 Å². The summed E-state index contributed by atoms with van der Waals surface area (Å²) >= 11 is 0. The Kier molecular flexibility index (Phi) is 7.60. The molecule has 112 valence electrons. The third kappa shape index (κ3) is 6.49. The van der Waals surface area contributed by atoms with Crippen LogP contribution < -0.4 is 10.1 Å². The lowest BCUT2D eigenvalue weighted by molar-refractivity contribution is -0.141. The first-order valence-electron chi connectivity index (χ1n) is 6.34. The molecular formula is C14H20FNO4. The molecule has 0 spiro atoms. The van der Waals surface area contributed by atoms with Gasteiger partial charge in [0.05, 0.1) is 26.7 Å². The second kappa shape index (κ2) is 9.28. The number of nitrogens with one attached hydrogen (secondary N) is 1. The lowest BCUT2D eigenvalue weighted by Gasteiger charge is -2.09. The van der Waals surface area contributed by atoms with E-state index in [0.29, 0.717) is 25.4 Å². The van der Waals surface area contributed by atoms with Crippen molar-refractivity contribution in [2.75, 3.05) is 34.0 Å². The van der Waals surface area contributed by atoms with Gasteiger partial charge in [-0.05, 0) is 17.7 Å². The van der Waals surface area contributed by atoms with Crippen LogP contribution in [0.2, 0.25) is 0 Å². The molecule has 1 aromatic carbocycles. The highest BCUT2D eigenvalue weighted by molar-refractivity contribution is 5.69. The third-order valence-corrected chi connectivity index (χ3v) is 2.55. The van der Waals surface area contributed by atoms with Crippen LogP contribution in [0.5, 0.6) is 5.75 Å². The van der Waals surface area contributed by atoms with Crippen LogP contribution in [-0.2, 0) is 20.8 Å². The van der Waals surface area contributed by atoms with Crippen LogP contribution in [0.1, 0.15) is 12.0 Å². The maximum Gasteiger partial charge on any atom is 0.308 e. The highest BCUT2D eigenvalue weighted by Crippen LogP contribution is 2.16. The minimum atomic E-state index is -0.371. The van der Waals surface area contributed by atoms with Crippen molar-refractivity contribution in [1.29, 1.82) is 0 Å². The van der Waals surface area contributed by atoms with Crippen molar-refractivity contribution >= 4 is 5.97 Å². The van der Waals surface area contributed by atoms with Gasteiger partial charge in [-0.25, -0.2) is 4.39 Å². The molecule has 0 amide bonds. The van der Waals surface area contributed by atoms with Gasteiger partial charge in [-0.15, -0.1) is 0 Å². The van der Waals surface area contributed by atoms with E-state index in [9.17, 15) is 9.18 Å². The molecule has 0 fully saturated rings. The molecule has 0 atom stereocenters. The quantitative estimate of drug-likeness (QED) is 0.550. The van der Waals surface area contributed by atoms with E-state index in [1.807, 2.05) is 0 Å². The lowest BCUT2D eigenvalue weighted by Crippen LogP contribution is -2.18. The molecule has 0 aliphatic heterocycles. The Balaban J connectivity index is 2.46. The molecule has 6 heteroatoms. The molecule has 20 heavy (non-hydrogen) atoms. The molecule has 1 aromatic rings. The van der Waals surface area contributed by atoms with E-state index in [4.69, 9.17) is 9.47 Å². The minimum absolute atomic E-state index is 0.133. The summed E-state index contributed by atoms with van der Waals surface area (Å²) in [5.41, 5.74) is 0.772. The Hall–Kier alpha value is -1.66. The molecule has 0 aliphatic rings. The summed E-state index contributed by atoms with van der Waals surface area (Å²) in [6, 6.07) is 4.46. The average Bonchev–Trinajstić information content (AvgIpc) is 2.43. The number of halogens is 1. The number of hydrogen-bond donors (Lipinski definition) is 1. The van der Waals surface area contributed by atoms with E-state index in [-0.39, 0.29) is 24.8 Å². The topological polar surface area (TPSA) is 56.8 Å². The normalized spacial score (nSPS) is 10.3. The van der Waals surface area contributed by atoms with Crippen molar-refractivity contribution in [3.63, 3.8) is 0 Å². The minimum Gasteiger partial charge on any atom is -0.493 e. The maximum atomic E-state index is 13.4. The smallest absolute Gasteiger partial charge is 0.308 e. The predicted octanol–water partition coefficient (Wildman–Crippen LogP) is 1.50. The Morgan fingerprint density at radius 2 is 2.05 bits per heavy atom. The predicted molar refractivity (Wildman–Crippen MR) is 72.1 cm³/mol. The second-order valence-corrected chi connectivity index (χ2v) is 4.14. The highest BCUT2D eigenvalue weighted by Gasteiger charge is 2.04. The van der Waals surface area contributed by atoms with E-state index in [0.717, 1.165) is 5.56 Å². The zero-order valence-electron chi connectivity index (χ0n) is 11.8. The maximum absolute atomic E-state index is 13.4. The van der Waals surface area contributed by atoms with Gasteiger partial charge in [-0.3, -0.25) is 4.79 Å². The number of rotatable bonds is 9. The molecule has 1 N–H and O–H groups in total. The van der Waals surface area contributed by atoms with Crippen LogP contribution in [0.3, 0.4) is 0 Å². The fraction of sp³-hybridized carbons (Fsp3) is 0.500. The lowest BCUT2D eigenvalue weighted by atomic mass is 10.2. The number of hydrogen-bond acceptors (Lipinski definition) is 5. The molecule has 5 nitrogen and oxygen atoms in total. The molecule has 0 saturated carbocycles. The first-order valence-corrected chi connectivity index (χ1v) is 6.34. The van der Waals surface area contributed by atoms with E-state index >= 15 is 0 Å². The van der Waals surface area contributed by atoms with Crippen LogP contribution in [0.25, 0.3) is 0 Å². The molecule has 0 unspecified atom stereocenters. The molecule has 0 aliphatic carbocycles. The van der Waals surface area contributed by atoms with Gasteiger partial charge in [0.15, 0.2) is 0 Å². The molecule has 0 bridgehead atoms. The fourth-order valence-electron chi connectivity index (χ4n) is 1.57. The Morgan fingerprint density at radius 1 is 1.25 bits per heavy atom. The molecule has 1 rings (SSSR count). The standard InChI is InChI=1S/C14H20FNO4/c1-18-6-4-16-10-11-7-12(15)9-13(8-11)20-5-3-14(17)19-2/h7-9,16H,3-6,10H2,1-2H3. The Bertz CT molecular complexity index is 426. The Morgan fingerprint density at radius 3 is 2.75 bits per heavy atom. The number of ether oxygens (including phenoxy) is 3. The van der Waals surface area contributed by atoms with Crippen molar-refractivity contribution in [3.8, 4) is 5.75 Å². The van der Waals surface area contributed by atoms with Gasteiger partial charge in [0, 0.05) is 26.3 Å². The van der Waals surface area contributed by atoms with Gasteiger partial charge in [0.1, 0.15) is 11.6 Å². The third-order valence-electron chi connectivity index (χ3n) is 2.55. The molecular weight excluding hydrogens is 265 g/mol. The SMILES string of the molecule is COCCNCc1cc(F)cc(OCCC(=O)OC)c1. The van der Waals surface area contributed by atoms with Gasteiger partial charge in [-0.1, -0.05) is 0 Å². The van der Waals surface area contributed by atoms with Crippen LogP contribution in [-0.4, -0.2) is 39.9 Å². The van der Waals surface area contributed by atoms with Gasteiger partial charge in [0.2, 0.25) is 0 Å². The summed E-state index contributed by atoms with van der Waals surface area (Å²) in [4.78, 5) is 10.9. The Labute approximate surface area is 118 Å². The number of esters is 1. The van der Waals surface area contributed by atoms with Crippen LogP contribution in [0, 0.1) is 5.82 Å². The zero-order valence-corrected chi connectivity index (χ0v) is 11.8. The number of benzene rings is 1.